The van der Waals surface area contributed by atoms with Gasteiger partial charge < -0.3 is 0 Å². The molecule has 0 aliphatic heterocycles. The third-order valence-corrected chi connectivity index (χ3v) is 10.5. The minimum atomic E-state index is 0.715. The van der Waals surface area contributed by atoms with Crippen LogP contribution in [-0.4, -0.2) is 9.97 Å². The molecule has 0 spiro atoms. The summed E-state index contributed by atoms with van der Waals surface area (Å²) in [6.45, 7) is 0. The summed E-state index contributed by atoms with van der Waals surface area (Å²) in [5, 5.41) is 7.09. The van der Waals surface area contributed by atoms with Crippen molar-refractivity contribution in [1.82, 2.24) is 9.97 Å². The minimum absolute atomic E-state index is 0.715. The van der Waals surface area contributed by atoms with E-state index in [-0.39, 0.29) is 0 Å². The van der Waals surface area contributed by atoms with E-state index in [0.29, 0.717) is 5.82 Å². The smallest absolute Gasteiger partial charge is 0.161 e. The Bertz CT molecular complexity index is 2930. The molecule has 0 bridgehead atoms. The van der Waals surface area contributed by atoms with Crippen LogP contribution in [-0.2, 0) is 0 Å². The molecule has 0 N–H and O–H groups in total. The second-order valence-electron chi connectivity index (χ2n) is 13.8. The van der Waals surface area contributed by atoms with Gasteiger partial charge in [0.1, 0.15) is 0 Å². The van der Waals surface area contributed by atoms with E-state index in [9.17, 15) is 0 Å². The molecule has 0 aliphatic rings. The summed E-state index contributed by atoms with van der Waals surface area (Å²) in [6, 6.07) is 73.4. The first-order valence-corrected chi connectivity index (χ1v) is 18.4. The molecule has 54 heavy (non-hydrogen) atoms. The van der Waals surface area contributed by atoms with Crippen LogP contribution >= 0.6 is 0 Å². The summed E-state index contributed by atoms with van der Waals surface area (Å²) in [5.74, 6) is 0.715. The summed E-state index contributed by atoms with van der Waals surface area (Å²) >= 11 is 0. The number of hydrogen-bond donors (Lipinski definition) is 0. The van der Waals surface area contributed by atoms with E-state index in [4.69, 9.17) is 9.97 Å². The molecule has 0 aliphatic carbocycles. The minimum Gasteiger partial charge on any atom is -0.228 e. The second kappa shape index (κ2) is 13.4. The first-order valence-electron chi connectivity index (χ1n) is 18.4. The maximum atomic E-state index is 5.38. The van der Waals surface area contributed by atoms with E-state index in [1.165, 1.54) is 49.4 Å². The van der Waals surface area contributed by atoms with Crippen LogP contribution in [0.2, 0.25) is 0 Å². The van der Waals surface area contributed by atoms with Gasteiger partial charge in [0.2, 0.25) is 0 Å². The Labute approximate surface area is 314 Å². The predicted molar refractivity (Wildman–Crippen MR) is 227 cm³/mol. The zero-order valence-electron chi connectivity index (χ0n) is 29.5. The van der Waals surface area contributed by atoms with Crippen LogP contribution in [0.25, 0.3) is 99.6 Å². The molecule has 1 aromatic heterocycles. The molecule has 252 valence electrons. The van der Waals surface area contributed by atoms with Crippen molar-refractivity contribution in [3.05, 3.63) is 206 Å². The lowest BCUT2D eigenvalue weighted by molar-refractivity contribution is 1.19. The molecule has 1 heterocycles. The fourth-order valence-electron chi connectivity index (χ4n) is 7.70. The number of rotatable bonds is 6. The monoisotopic (exact) mass is 686 g/mol. The number of fused-ring (bicyclic) bond motifs is 4. The van der Waals surface area contributed by atoms with Crippen LogP contribution in [0.5, 0.6) is 0 Å². The SMILES string of the molecule is c1ccc(-c2ccc(-c3ccc(-c4cc(-c5ccc(-c6ccccc6)cc5)nc(-c5c6ccccc6cc6c5ccc5ccccc56)n4)cc3)cc2)cc1. The molecule has 0 saturated heterocycles. The van der Waals surface area contributed by atoms with Crippen LogP contribution in [0.3, 0.4) is 0 Å². The standard InChI is InChI=1S/C52H34N2/c1-3-11-35(12-4-1)37-19-21-39(22-20-37)40-25-29-43(30-26-40)50-34-49(42-27-23-38(24-28-42)36-13-5-2-6-14-36)53-52(54-50)51-46-18-10-8-16-44(46)33-48-45-17-9-7-15-41(45)31-32-47(48)51/h1-34H. The van der Waals surface area contributed by atoms with Crippen molar-refractivity contribution in [1.29, 1.82) is 0 Å². The lowest BCUT2D eigenvalue weighted by Gasteiger charge is -2.15. The molecule has 0 radical (unpaired) electrons. The molecule has 10 rings (SSSR count). The third-order valence-electron chi connectivity index (χ3n) is 10.5. The highest BCUT2D eigenvalue weighted by Crippen LogP contribution is 2.40. The Morgan fingerprint density at radius 3 is 1.17 bits per heavy atom. The molecule has 2 heteroatoms. The predicted octanol–water partition coefficient (Wildman–Crippen LogP) is 13.9. The van der Waals surface area contributed by atoms with Crippen molar-refractivity contribution in [2.24, 2.45) is 0 Å². The summed E-state index contributed by atoms with van der Waals surface area (Å²) in [5.41, 5.74) is 12.0. The molecular formula is C52H34N2. The van der Waals surface area contributed by atoms with Crippen molar-refractivity contribution in [3.63, 3.8) is 0 Å². The lowest BCUT2D eigenvalue weighted by atomic mass is 9.92. The lowest BCUT2D eigenvalue weighted by Crippen LogP contribution is -1.98. The number of benzene rings is 9. The molecule has 0 unspecified atom stereocenters. The molecule has 0 amide bonds. The van der Waals surface area contributed by atoms with Crippen molar-refractivity contribution in [2.75, 3.05) is 0 Å². The van der Waals surface area contributed by atoms with Crippen LogP contribution in [0, 0.1) is 0 Å². The van der Waals surface area contributed by atoms with Gasteiger partial charge in [-0.25, -0.2) is 9.97 Å². The summed E-state index contributed by atoms with van der Waals surface area (Å²) in [7, 11) is 0. The van der Waals surface area contributed by atoms with Gasteiger partial charge >= 0.3 is 0 Å². The van der Waals surface area contributed by atoms with Gasteiger partial charge in [-0.15, -0.1) is 0 Å². The summed E-state index contributed by atoms with van der Waals surface area (Å²) < 4.78 is 0. The van der Waals surface area contributed by atoms with Gasteiger partial charge in [-0.3, -0.25) is 0 Å². The van der Waals surface area contributed by atoms with E-state index in [1.807, 2.05) is 0 Å². The summed E-state index contributed by atoms with van der Waals surface area (Å²) in [6.07, 6.45) is 0. The van der Waals surface area contributed by atoms with E-state index in [1.54, 1.807) is 0 Å². The molecule has 9 aromatic carbocycles. The molecule has 0 saturated carbocycles. The van der Waals surface area contributed by atoms with Gasteiger partial charge in [-0.2, -0.15) is 0 Å². The Balaban J connectivity index is 1.13. The highest BCUT2D eigenvalue weighted by molar-refractivity contribution is 6.19. The molecular weight excluding hydrogens is 653 g/mol. The number of nitrogens with zero attached hydrogens (tertiary/aromatic N) is 2. The highest BCUT2D eigenvalue weighted by atomic mass is 14.9. The molecule has 2 nitrogen and oxygen atoms in total. The van der Waals surface area contributed by atoms with Crippen molar-refractivity contribution in [2.45, 2.75) is 0 Å². The average Bonchev–Trinajstić information content (AvgIpc) is 3.26. The zero-order valence-corrected chi connectivity index (χ0v) is 29.5. The van der Waals surface area contributed by atoms with E-state index in [0.717, 1.165) is 44.4 Å². The average molecular weight is 687 g/mol. The Hall–Kier alpha value is -7.16. The van der Waals surface area contributed by atoms with Gasteiger partial charge in [-0.1, -0.05) is 194 Å². The van der Waals surface area contributed by atoms with E-state index in [2.05, 4.69) is 206 Å². The van der Waals surface area contributed by atoms with Gasteiger partial charge in [0, 0.05) is 16.7 Å². The maximum absolute atomic E-state index is 5.38. The van der Waals surface area contributed by atoms with Crippen LogP contribution in [0.1, 0.15) is 0 Å². The Morgan fingerprint density at radius 2 is 0.648 bits per heavy atom. The van der Waals surface area contributed by atoms with Crippen molar-refractivity contribution >= 4 is 32.3 Å². The third kappa shape index (κ3) is 5.81. The highest BCUT2D eigenvalue weighted by Gasteiger charge is 2.18. The molecule has 10 aromatic rings. The molecule has 0 atom stereocenters. The maximum Gasteiger partial charge on any atom is 0.161 e. The topological polar surface area (TPSA) is 25.8 Å². The number of aromatic nitrogens is 2. The van der Waals surface area contributed by atoms with Gasteiger partial charge in [0.15, 0.2) is 5.82 Å². The zero-order chi connectivity index (χ0) is 35.8. The number of hydrogen-bond acceptors (Lipinski definition) is 2. The normalized spacial score (nSPS) is 11.3. The van der Waals surface area contributed by atoms with Crippen LogP contribution in [0.4, 0.5) is 0 Å². The first-order chi connectivity index (χ1) is 26.7. The second-order valence-corrected chi connectivity index (χ2v) is 13.8. The first kappa shape index (κ1) is 31.6. The van der Waals surface area contributed by atoms with Crippen LogP contribution < -0.4 is 0 Å². The Morgan fingerprint density at radius 1 is 0.241 bits per heavy atom. The van der Waals surface area contributed by atoms with Gasteiger partial charge in [0.05, 0.1) is 11.4 Å². The Kier molecular flexibility index (Phi) is 7.85. The van der Waals surface area contributed by atoms with Gasteiger partial charge in [0.25, 0.3) is 0 Å². The van der Waals surface area contributed by atoms with E-state index < -0.39 is 0 Å². The van der Waals surface area contributed by atoms with Crippen molar-refractivity contribution in [3.8, 4) is 67.3 Å². The fourth-order valence-corrected chi connectivity index (χ4v) is 7.70. The van der Waals surface area contributed by atoms with Crippen LogP contribution in [0.15, 0.2) is 206 Å². The largest absolute Gasteiger partial charge is 0.228 e. The molecule has 0 fully saturated rings. The van der Waals surface area contributed by atoms with Crippen molar-refractivity contribution < 1.29 is 0 Å². The quantitative estimate of drug-likeness (QED) is 0.129. The fraction of sp³-hybridized carbons (Fsp3) is 0. The van der Waals surface area contributed by atoms with Gasteiger partial charge in [-0.05, 0) is 77.8 Å². The summed E-state index contributed by atoms with van der Waals surface area (Å²) in [4.78, 5) is 10.8. The van der Waals surface area contributed by atoms with E-state index >= 15 is 0 Å².